The number of rotatable bonds is 6. The van der Waals surface area contributed by atoms with Gasteiger partial charge < -0.3 is 11.1 Å². The number of carbonyl (C=O) groups excluding carboxylic acids is 1. The number of halogens is 1. The number of carbonyl (C=O) groups is 1. The zero-order valence-corrected chi connectivity index (χ0v) is 10.1. The van der Waals surface area contributed by atoms with Crippen molar-refractivity contribution in [2.45, 2.75) is 19.4 Å². The van der Waals surface area contributed by atoms with E-state index in [-0.39, 0.29) is 5.91 Å². The Labute approximate surface area is 98.2 Å². The number of primary amides is 1. The van der Waals surface area contributed by atoms with E-state index in [0.29, 0.717) is 6.42 Å². The van der Waals surface area contributed by atoms with Crippen molar-refractivity contribution >= 4 is 21.8 Å². The van der Waals surface area contributed by atoms with Crippen molar-refractivity contribution in [3.8, 4) is 0 Å². The SMILES string of the molecule is NC(=O)CCCNCc1cccc(Br)c1. The summed E-state index contributed by atoms with van der Waals surface area (Å²) in [6, 6.07) is 8.13. The zero-order chi connectivity index (χ0) is 11.1. The molecule has 1 aromatic rings. The first-order valence-electron chi connectivity index (χ1n) is 4.92. The Morgan fingerprint density at radius 1 is 1.47 bits per heavy atom. The number of hydrogen-bond acceptors (Lipinski definition) is 2. The van der Waals surface area contributed by atoms with Gasteiger partial charge in [-0.05, 0) is 30.7 Å². The molecule has 0 aliphatic carbocycles. The van der Waals surface area contributed by atoms with Gasteiger partial charge in [0.1, 0.15) is 0 Å². The van der Waals surface area contributed by atoms with Crippen LogP contribution in [-0.2, 0) is 11.3 Å². The van der Waals surface area contributed by atoms with Crippen molar-refractivity contribution in [2.75, 3.05) is 6.54 Å². The Kier molecular flexibility index (Phi) is 5.36. The molecule has 0 bridgehead atoms. The molecule has 4 heteroatoms. The fourth-order valence-electron chi connectivity index (χ4n) is 1.27. The standard InChI is InChI=1S/C11H15BrN2O/c12-10-4-1-3-9(7-10)8-14-6-2-5-11(13)15/h1,3-4,7,14H,2,5-6,8H2,(H2,13,15). The lowest BCUT2D eigenvalue weighted by Gasteiger charge is -2.04. The van der Waals surface area contributed by atoms with Crippen LogP contribution in [0.5, 0.6) is 0 Å². The van der Waals surface area contributed by atoms with E-state index < -0.39 is 0 Å². The summed E-state index contributed by atoms with van der Waals surface area (Å²) in [5.41, 5.74) is 6.26. The van der Waals surface area contributed by atoms with Crippen molar-refractivity contribution in [3.05, 3.63) is 34.3 Å². The van der Waals surface area contributed by atoms with Crippen molar-refractivity contribution in [1.29, 1.82) is 0 Å². The van der Waals surface area contributed by atoms with Crippen LogP contribution in [0.25, 0.3) is 0 Å². The van der Waals surface area contributed by atoms with Gasteiger partial charge in [0.15, 0.2) is 0 Å². The van der Waals surface area contributed by atoms with E-state index in [4.69, 9.17) is 5.73 Å². The van der Waals surface area contributed by atoms with Crippen LogP contribution < -0.4 is 11.1 Å². The molecular formula is C11H15BrN2O. The fourth-order valence-corrected chi connectivity index (χ4v) is 1.71. The molecule has 0 spiro atoms. The predicted octanol–water partition coefficient (Wildman–Crippen LogP) is 1.80. The van der Waals surface area contributed by atoms with Gasteiger partial charge in [-0.15, -0.1) is 0 Å². The molecule has 0 saturated heterocycles. The van der Waals surface area contributed by atoms with Gasteiger partial charge in [-0.25, -0.2) is 0 Å². The second-order valence-electron chi connectivity index (χ2n) is 3.38. The van der Waals surface area contributed by atoms with Crippen LogP contribution in [-0.4, -0.2) is 12.5 Å². The van der Waals surface area contributed by atoms with Crippen LogP contribution in [0.3, 0.4) is 0 Å². The minimum atomic E-state index is -0.237. The quantitative estimate of drug-likeness (QED) is 0.775. The fraction of sp³-hybridized carbons (Fsp3) is 0.364. The van der Waals surface area contributed by atoms with Crippen LogP contribution in [0.15, 0.2) is 28.7 Å². The molecule has 0 aliphatic heterocycles. The molecule has 0 radical (unpaired) electrons. The van der Waals surface area contributed by atoms with Crippen molar-refractivity contribution < 1.29 is 4.79 Å². The first-order chi connectivity index (χ1) is 7.18. The number of amides is 1. The van der Waals surface area contributed by atoms with Crippen LogP contribution >= 0.6 is 15.9 Å². The number of benzene rings is 1. The second-order valence-corrected chi connectivity index (χ2v) is 4.29. The summed E-state index contributed by atoms with van der Waals surface area (Å²) in [4.78, 5) is 10.5. The van der Waals surface area contributed by atoms with Gasteiger partial charge in [0, 0.05) is 17.4 Å². The van der Waals surface area contributed by atoms with Gasteiger partial charge in [0.25, 0.3) is 0 Å². The Bertz CT molecular complexity index is 328. The van der Waals surface area contributed by atoms with E-state index in [1.165, 1.54) is 5.56 Å². The van der Waals surface area contributed by atoms with E-state index >= 15 is 0 Å². The first-order valence-corrected chi connectivity index (χ1v) is 5.71. The number of hydrogen-bond donors (Lipinski definition) is 2. The summed E-state index contributed by atoms with van der Waals surface area (Å²) in [6.07, 6.45) is 1.24. The molecule has 0 fully saturated rings. The smallest absolute Gasteiger partial charge is 0.217 e. The molecule has 0 atom stereocenters. The number of nitrogens with two attached hydrogens (primary N) is 1. The highest BCUT2D eigenvalue weighted by atomic mass is 79.9. The maximum atomic E-state index is 10.5. The summed E-state index contributed by atoms with van der Waals surface area (Å²) in [5.74, 6) is -0.237. The molecule has 0 aliphatic rings. The minimum Gasteiger partial charge on any atom is -0.370 e. The van der Waals surface area contributed by atoms with E-state index in [1.807, 2.05) is 12.1 Å². The van der Waals surface area contributed by atoms with Crippen LogP contribution in [0, 0.1) is 0 Å². The molecule has 0 unspecified atom stereocenters. The van der Waals surface area contributed by atoms with Crippen LogP contribution in [0.2, 0.25) is 0 Å². The van der Waals surface area contributed by atoms with Crippen molar-refractivity contribution in [2.24, 2.45) is 5.73 Å². The first kappa shape index (κ1) is 12.2. The molecular weight excluding hydrogens is 256 g/mol. The molecule has 15 heavy (non-hydrogen) atoms. The van der Waals surface area contributed by atoms with Gasteiger partial charge in [-0.2, -0.15) is 0 Å². The Morgan fingerprint density at radius 3 is 2.93 bits per heavy atom. The molecule has 82 valence electrons. The largest absolute Gasteiger partial charge is 0.370 e. The van der Waals surface area contributed by atoms with E-state index in [0.717, 1.165) is 24.0 Å². The monoisotopic (exact) mass is 270 g/mol. The van der Waals surface area contributed by atoms with Gasteiger partial charge in [0.05, 0.1) is 0 Å². The third-order valence-electron chi connectivity index (χ3n) is 1.99. The maximum absolute atomic E-state index is 10.5. The highest BCUT2D eigenvalue weighted by Gasteiger charge is 1.95. The Hall–Kier alpha value is -0.870. The van der Waals surface area contributed by atoms with E-state index in [2.05, 4.69) is 33.4 Å². The van der Waals surface area contributed by atoms with Crippen LogP contribution in [0.4, 0.5) is 0 Å². The third kappa shape index (κ3) is 5.54. The predicted molar refractivity (Wildman–Crippen MR) is 64.3 cm³/mol. The molecule has 0 aromatic heterocycles. The normalized spacial score (nSPS) is 10.2. The van der Waals surface area contributed by atoms with Gasteiger partial charge >= 0.3 is 0 Å². The van der Waals surface area contributed by atoms with Gasteiger partial charge in [-0.1, -0.05) is 28.1 Å². The summed E-state index contributed by atoms with van der Waals surface area (Å²) >= 11 is 3.41. The van der Waals surface area contributed by atoms with E-state index in [9.17, 15) is 4.79 Å². The molecule has 0 saturated carbocycles. The Morgan fingerprint density at radius 2 is 2.27 bits per heavy atom. The molecule has 3 N–H and O–H groups in total. The van der Waals surface area contributed by atoms with Crippen molar-refractivity contribution in [1.82, 2.24) is 5.32 Å². The summed E-state index contributed by atoms with van der Waals surface area (Å²) in [5, 5.41) is 3.26. The zero-order valence-electron chi connectivity index (χ0n) is 8.50. The summed E-state index contributed by atoms with van der Waals surface area (Å²) < 4.78 is 1.08. The van der Waals surface area contributed by atoms with E-state index in [1.54, 1.807) is 0 Å². The number of nitrogens with one attached hydrogen (secondary N) is 1. The maximum Gasteiger partial charge on any atom is 0.217 e. The molecule has 0 heterocycles. The highest BCUT2D eigenvalue weighted by Crippen LogP contribution is 2.11. The topological polar surface area (TPSA) is 55.1 Å². The molecule has 3 nitrogen and oxygen atoms in total. The minimum absolute atomic E-state index is 0.237. The molecule has 1 aromatic carbocycles. The average Bonchev–Trinajstić information content (AvgIpc) is 2.17. The lowest BCUT2D eigenvalue weighted by Crippen LogP contribution is -2.18. The molecule has 1 amide bonds. The lowest BCUT2D eigenvalue weighted by molar-refractivity contribution is -0.118. The average molecular weight is 271 g/mol. The lowest BCUT2D eigenvalue weighted by atomic mass is 10.2. The highest BCUT2D eigenvalue weighted by molar-refractivity contribution is 9.10. The van der Waals surface area contributed by atoms with Gasteiger partial charge in [-0.3, -0.25) is 4.79 Å². The van der Waals surface area contributed by atoms with Crippen molar-refractivity contribution in [3.63, 3.8) is 0 Å². The Balaban J connectivity index is 2.17. The van der Waals surface area contributed by atoms with Gasteiger partial charge in [0.2, 0.25) is 5.91 Å². The summed E-state index contributed by atoms with van der Waals surface area (Å²) in [7, 11) is 0. The van der Waals surface area contributed by atoms with Crippen LogP contribution in [0.1, 0.15) is 18.4 Å². The molecule has 1 rings (SSSR count). The summed E-state index contributed by atoms with van der Waals surface area (Å²) in [6.45, 7) is 1.63. The second kappa shape index (κ2) is 6.58. The third-order valence-corrected chi connectivity index (χ3v) is 2.49.